The average Bonchev–Trinajstić information content (AvgIpc) is 2.90. The van der Waals surface area contributed by atoms with Crippen LogP contribution in [-0.2, 0) is 4.74 Å². The number of carbonyl (C=O) groups is 1. The molecule has 0 bridgehead atoms. The number of alkyl halides is 1. The number of halogens is 1. The standard InChI is InChI=1S/C20H29FN2O3Si/c1-20(2,3)26-19(24)23-13-16(21)11-17(23)14-25-18-12-22-9-7-15(18)8-10-27(4,5)6/h7,9,12,16-17H,11,13-14H2,1-6H3/t16-,17-/m0/s1. The fourth-order valence-corrected chi connectivity index (χ4v) is 3.11. The zero-order chi connectivity index (χ0) is 20.2. The van der Waals surface area contributed by atoms with Gasteiger partial charge in [-0.05, 0) is 26.8 Å². The summed E-state index contributed by atoms with van der Waals surface area (Å²) in [5.74, 6) is 3.72. The van der Waals surface area contributed by atoms with Crippen LogP contribution in [0, 0.1) is 11.5 Å². The van der Waals surface area contributed by atoms with E-state index in [1.54, 1.807) is 39.2 Å². The Balaban J connectivity index is 2.08. The summed E-state index contributed by atoms with van der Waals surface area (Å²) < 4.78 is 25.2. The van der Waals surface area contributed by atoms with E-state index in [4.69, 9.17) is 9.47 Å². The number of aromatic nitrogens is 1. The minimum Gasteiger partial charge on any atom is -0.489 e. The van der Waals surface area contributed by atoms with Gasteiger partial charge in [0.25, 0.3) is 0 Å². The largest absolute Gasteiger partial charge is 0.489 e. The first-order valence-electron chi connectivity index (χ1n) is 9.18. The molecular weight excluding hydrogens is 363 g/mol. The molecule has 148 valence electrons. The zero-order valence-electron chi connectivity index (χ0n) is 17.0. The maximum atomic E-state index is 13.9. The molecule has 27 heavy (non-hydrogen) atoms. The highest BCUT2D eigenvalue weighted by Gasteiger charge is 2.38. The lowest BCUT2D eigenvalue weighted by atomic mass is 10.2. The van der Waals surface area contributed by atoms with Gasteiger partial charge in [0, 0.05) is 12.6 Å². The van der Waals surface area contributed by atoms with Gasteiger partial charge >= 0.3 is 6.09 Å². The topological polar surface area (TPSA) is 51.7 Å². The third-order valence-electron chi connectivity index (χ3n) is 3.78. The van der Waals surface area contributed by atoms with Gasteiger partial charge in [-0.15, -0.1) is 5.54 Å². The number of likely N-dealkylation sites (tertiary alicyclic amines) is 1. The van der Waals surface area contributed by atoms with E-state index >= 15 is 0 Å². The van der Waals surface area contributed by atoms with E-state index in [0.29, 0.717) is 5.75 Å². The van der Waals surface area contributed by atoms with Gasteiger partial charge in [-0.1, -0.05) is 25.6 Å². The Morgan fingerprint density at radius 2 is 2.11 bits per heavy atom. The average molecular weight is 393 g/mol. The molecule has 0 unspecified atom stereocenters. The monoisotopic (exact) mass is 392 g/mol. The molecule has 1 fully saturated rings. The van der Waals surface area contributed by atoms with E-state index in [1.165, 1.54) is 4.90 Å². The predicted octanol–water partition coefficient (Wildman–Crippen LogP) is 4.04. The summed E-state index contributed by atoms with van der Waals surface area (Å²) in [6.45, 7) is 12.1. The molecule has 0 spiro atoms. The molecule has 1 aliphatic rings. The molecule has 1 aromatic heterocycles. The summed E-state index contributed by atoms with van der Waals surface area (Å²) in [5, 5.41) is 0. The lowest BCUT2D eigenvalue weighted by Crippen LogP contribution is -2.42. The van der Waals surface area contributed by atoms with E-state index in [9.17, 15) is 9.18 Å². The summed E-state index contributed by atoms with van der Waals surface area (Å²) in [6.07, 6.45) is 1.91. The Bertz CT molecular complexity index is 731. The lowest BCUT2D eigenvalue weighted by Gasteiger charge is -2.28. The van der Waals surface area contributed by atoms with Crippen molar-refractivity contribution in [2.24, 2.45) is 0 Å². The first-order valence-corrected chi connectivity index (χ1v) is 12.7. The second kappa shape index (κ2) is 8.30. The number of pyridine rings is 1. The second-order valence-corrected chi connectivity index (χ2v) is 13.6. The molecule has 1 aliphatic heterocycles. The molecule has 1 aromatic rings. The lowest BCUT2D eigenvalue weighted by molar-refractivity contribution is 0.0181. The molecule has 2 atom stereocenters. The van der Waals surface area contributed by atoms with Crippen LogP contribution in [0.1, 0.15) is 32.8 Å². The first-order chi connectivity index (χ1) is 12.4. The molecular formula is C20H29FN2O3Si. The normalized spacial score (nSPS) is 20.0. The molecule has 2 rings (SSSR count). The molecule has 0 aromatic carbocycles. The number of nitrogens with zero attached hydrogens (tertiary/aromatic N) is 2. The molecule has 0 N–H and O–H groups in total. The van der Waals surface area contributed by atoms with Gasteiger partial charge in [-0.25, -0.2) is 9.18 Å². The summed E-state index contributed by atoms with van der Waals surface area (Å²) in [4.78, 5) is 17.9. The van der Waals surface area contributed by atoms with Crippen molar-refractivity contribution in [1.29, 1.82) is 0 Å². The molecule has 7 heteroatoms. The SMILES string of the molecule is CC(C)(C)OC(=O)N1C[C@@H](F)C[C@H]1COc1cnccc1C#C[Si](C)(C)C. The van der Waals surface area contributed by atoms with Gasteiger partial charge < -0.3 is 9.47 Å². The number of carbonyl (C=O) groups excluding carboxylic acids is 1. The van der Waals surface area contributed by atoms with Crippen LogP contribution >= 0.6 is 0 Å². The van der Waals surface area contributed by atoms with Crippen molar-refractivity contribution in [3.05, 3.63) is 24.0 Å². The van der Waals surface area contributed by atoms with E-state index < -0.39 is 25.9 Å². The van der Waals surface area contributed by atoms with Gasteiger partial charge in [0.1, 0.15) is 26.5 Å². The van der Waals surface area contributed by atoms with Crippen molar-refractivity contribution in [3.8, 4) is 17.2 Å². The van der Waals surface area contributed by atoms with Crippen molar-refractivity contribution in [2.75, 3.05) is 13.2 Å². The van der Waals surface area contributed by atoms with E-state index in [-0.39, 0.29) is 25.6 Å². The van der Waals surface area contributed by atoms with Crippen LogP contribution in [0.3, 0.4) is 0 Å². The molecule has 2 heterocycles. The highest BCUT2D eigenvalue weighted by molar-refractivity contribution is 6.83. The van der Waals surface area contributed by atoms with Crippen LogP contribution in [0.15, 0.2) is 18.5 Å². The zero-order valence-corrected chi connectivity index (χ0v) is 18.0. The number of hydrogen-bond donors (Lipinski definition) is 0. The van der Waals surface area contributed by atoms with Crippen LogP contribution in [0.2, 0.25) is 19.6 Å². The highest BCUT2D eigenvalue weighted by Crippen LogP contribution is 2.25. The second-order valence-electron chi connectivity index (χ2n) is 8.80. The molecule has 0 saturated carbocycles. The fourth-order valence-electron chi connectivity index (χ4n) is 2.60. The third kappa shape index (κ3) is 6.87. The number of rotatable bonds is 3. The summed E-state index contributed by atoms with van der Waals surface area (Å²) >= 11 is 0. The molecule has 5 nitrogen and oxygen atoms in total. The smallest absolute Gasteiger partial charge is 0.410 e. The van der Waals surface area contributed by atoms with Gasteiger partial charge in [0.15, 0.2) is 5.75 Å². The third-order valence-corrected chi connectivity index (χ3v) is 4.65. The Morgan fingerprint density at radius 1 is 1.41 bits per heavy atom. The molecule has 1 saturated heterocycles. The van der Waals surface area contributed by atoms with E-state index in [2.05, 4.69) is 36.1 Å². The van der Waals surface area contributed by atoms with Crippen LogP contribution in [0.4, 0.5) is 9.18 Å². The minimum atomic E-state index is -1.53. The van der Waals surface area contributed by atoms with Crippen molar-refractivity contribution in [3.63, 3.8) is 0 Å². The first kappa shape index (κ1) is 21.2. The van der Waals surface area contributed by atoms with Crippen LogP contribution < -0.4 is 4.74 Å². The minimum absolute atomic E-state index is 0.0261. The fraction of sp³-hybridized carbons (Fsp3) is 0.600. The predicted molar refractivity (Wildman–Crippen MR) is 106 cm³/mol. The van der Waals surface area contributed by atoms with Crippen molar-refractivity contribution in [2.45, 2.75) is 64.6 Å². The Morgan fingerprint density at radius 3 is 2.74 bits per heavy atom. The van der Waals surface area contributed by atoms with Crippen molar-refractivity contribution in [1.82, 2.24) is 9.88 Å². The number of ether oxygens (including phenoxy) is 2. The van der Waals surface area contributed by atoms with E-state index in [0.717, 1.165) is 5.56 Å². The summed E-state index contributed by atoms with van der Waals surface area (Å²) in [5.41, 5.74) is 3.43. The maximum absolute atomic E-state index is 13.9. The van der Waals surface area contributed by atoms with Crippen molar-refractivity contribution < 1.29 is 18.7 Å². The van der Waals surface area contributed by atoms with Gasteiger partial charge in [-0.2, -0.15) is 0 Å². The van der Waals surface area contributed by atoms with Gasteiger partial charge in [0.05, 0.1) is 24.3 Å². The highest BCUT2D eigenvalue weighted by atomic mass is 28.3. The number of amides is 1. The molecule has 0 aliphatic carbocycles. The molecule has 1 amide bonds. The van der Waals surface area contributed by atoms with Crippen molar-refractivity contribution >= 4 is 14.2 Å². The summed E-state index contributed by atoms with van der Waals surface area (Å²) in [6, 6.07) is 1.42. The van der Waals surface area contributed by atoms with Crippen LogP contribution in [0.25, 0.3) is 0 Å². The van der Waals surface area contributed by atoms with Crippen LogP contribution in [-0.4, -0.2) is 55.0 Å². The Kier molecular flexibility index (Phi) is 6.53. The Labute approximate surface area is 162 Å². The quantitative estimate of drug-likeness (QED) is 0.575. The molecule has 0 radical (unpaired) electrons. The summed E-state index contributed by atoms with van der Waals surface area (Å²) in [7, 11) is -1.53. The maximum Gasteiger partial charge on any atom is 0.410 e. The Hall–Kier alpha value is -2.07. The van der Waals surface area contributed by atoms with E-state index in [1.807, 2.05) is 0 Å². The van der Waals surface area contributed by atoms with Gasteiger partial charge in [-0.3, -0.25) is 9.88 Å². The number of hydrogen-bond acceptors (Lipinski definition) is 4. The van der Waals surface area contributed by atoms with Gasteiger partial charge in [0.2, 0.25) is 0 Å². The van der Waals surface area contributed by atoms with Crippen LogP contribution in [0.5, 0.6) is 5.75 Å².